The minimum atomic E-state index is -0.429. The van der Waals surface area contributed by atoms with Gasteiger partial charge in [0.05, 0.1) is 28.3 Å². The first kappa shape index (κ1) is 32.0. The number of halogens is 2. The number of pyridine rings is 2. The topological polar surface area (TPSA) is 179 Å². The minimum absolute atomic E-state index is 0.0475. The van der Waals surface area contributed by atoms with Gasteiger partial charge in [-0.1, -0.05) is 23.2 Å². The first-order chi connectivity index (χ1) is 20.7. The highest BCUT2D eigenvalue weighted by Gasteiger charge is 2.10. The van der Waals surface area contributed by atoms with Crippen molar-refractivity contribution in [3.05, 3.63) is 94.2 Å². The summed E-state index contributed by atoms with van der Waals surface area (Å²) in [6.45, 7) is -0.533. The number of carbonyl (C=O) groups is 2. The molecule has 0 aliphatic carbocycles. The van der Waals surface area contributed by atoms with Crippen molar-refractivity contribution >= 4 is 46.7 Å². The zero-order valence-corrected chi connectivity index (χ0v) is 23.9. The third-order valence-corrected chi connectivity index (χ3v) is 5.55. The number of rotatable bonds is 9. The number of hydrogen-bond donors (Lipinski definition) is 3. The van der Waals surface area contributed by atoms with Crippen molar-refractivity contribution in [1.82, 2.24) is 9.97 Å². The molecule has 2 heterocycles. The van der Waals surface area contributed by atoms with Gasteiger partial charge in [0.2, 0.25) is 0 Å². The van der Waals surface area contributed by atoms with Crippen molar-refractivity contribution in [3.8, 4) is 35.1 Å². The molecule has 0 spiro atoms. The number of nitriles is 2. The molecule has 0 radical (unpaired) electrons. The lowest BCUT2D eigenvalue weighted by atomic mass is 10.2. The van der Waals surface area contributed by atoms with E-state index in [0.717, 1.165) is 0 Å². The van der Waals surface area contributed by atoms with E-state index < -0.39 is 11.8 Å². The van der Waals surface area contributed by atoms with Crippen molar-refractivity contribution in [1.29, 1.82) is 10.5 Å². The smallest absolute Gasteiger partial charge is 0.263 e. The van der Waals surface area contributed by atoms with Crippen LogP contribution in [0.2, 0.25) is 10.0 Å². The molecule has 0 saturated heterocycles. The second-order valence-electron chi connectivity index (χ2n) is 8.16. The van der Waals surface area contributed by atoms with Gasteiger partial charge in [0.1, 0.15) is 46.8 Å². The van der Waals surface area contributed by atoms with E-state index in [1.54, 1.807) is 36.4 Å². The number of aromatic nitrogens is 2. The Labute approximate surface area is 256 Å². The normalized spacial score (nSPS) is 9.70. The highest BCUT2D eigenvalue weighted by molar-refractivity contribution is 6.30. The van der Waals surface area contributed by atoms with Crippen molar-refractivity contribution in [2.24, 2.45) is 0 Å². The van der Waals surface area contributed by atoms with Gasteiger partial charge in [-0.3, -0.25) is 9.59 Å². The van der Waals surface area contributed by atoms with Crippen LogP contribution in [0.4, 0.5) is 11.6 Å². The minimum Gasteiger partial charge on any atom is -0.508 e. The maximum Gasteiger partial charge on any atom is 0.263 e. The Kier molecular flexibility index (Phi) is 11.9. The summed E-state index contributed by atoms with van der Waals surface area (Å²) < 4.78 is 15.6. The zero-order chi connectivity index (χ0) is 31.2. The van der Waals surface area contributed by atoms with Crippen LogP contribution in [0.15, 0.2) is 73.1 Å². The lowest BCUT2D eigenvalue weighted by molar-refractivity contribution is -0.118. The van der Waals surface area contributed by atoms with Crippen molar-refractivity contribution in [3.63, 3.8) is 0 Å². The van der Waals surface area contributed by atoms with Crippen molar-refractivity contribution < 1.29 is 28.9 Å². The first-order valence-corrected chi connectivity index (χ1v) is 12.9. The van der Waals surface area contributed by atoms with Crippen LogP contribution in [0.5, 0.6) is 23.0 Å². The van der Waals surface area contributed by atoms with E-state index in [1.807, 2.05) is 12.1 Å². The number of carbonyl (C=O) groups excluding carboxylic acids is 2. The fraction of sp³-hybridized carbons (Fsp3) is 0.103. The third-order valence-electron chi connectivity index (χ3n) is 5.10. The molecule has 4 aromatic rings. The van der Waals surface area contributed by atoms with Crippen LogP contribution >= 0.6 is 23.2 Å². The average Bonchev–Trinajstić information content (AvgIpc) is 3.01. The van der Waals surface area contributed by atoms with E-state index in [4.69, 9.17) is 47.9 Å². The van der Waals surface area contributed by atoms with Gasteiger partial charge in [-0.05, 0) is 48.5 Å². The summed E-state index contributed by atoms with van der Waals surface area (Å²) in [5.74, 6) is 0.910. The lowest BCUT2D eigenvalue weighted by Crippen LogP contribution is -2.21. The molecule has 0 bridgehead atoms. The molecule has 43 heavy (non-hydrogen) atoms. The quantitative estimate of drug-likeness (QED) is 0.231. The number of hydrogen-bond acceptors (Lipinski definition) is 10. The number of nitrogens with one attached hydrogen (secondary N) is 2. The fourth-order valence-corrected chi connectivity index (χ4v) is 3.35. The SMILES string of the molecule is COc1ccc(OCC(=O)Nc2ccc(Cl)cn2)c(C#N)c1.N#Cc1cc(O)ccc1OCC(=O)Nc1ccc(Cl)cn1. The molecule has 4 rings (SSSR count). The summed E-state index contributed by atoms with van der Waals surface area (Å²) in [5, 5.41) is 33.2. The zero-order valence-electron chi connectivity index (χ0n) is 22.4. The van der Waals surface area contributed by atoms with Crippen molar-refractivity contribution in [2.45, 2.75) is 0 Å². The summed E-state index contributed by atoms with van der Waals surface area (Å²) >= 11 is 11.4. The lowest BCUT2D eigenvalue weighted by Gasteiger charge is -2.09. The number of phenolic OH excluding ortho intramolecular Hbond substituents is 1. The monoisotopic (exact) mass is 620 g/mol. The Bertz CT molecular complexity index is 1650. The third kappa shape index (κ3) is 10.4. The number of ether oxygens (including phenoxy) is 3. The van der Waals surface area contributed by atoms with Gasteiger partial charge >= 0.3 is 0 Å². The van der Waals surface area contributed by atoms with E-state index >= 15 is 0 Å². The molecule has 12 nitrogen and oxygen atoms in total. The summed E-state index contributed by atoms with van der Waals surface area (Å²) in [4.78, 5) is 31.3. The molecule has 0 atom stereocenters. The van der Waals surface area contributed by atoms with Gasteiger partial charge in [0.25, 0.3) is 11.8 Å². The fourth-order valence-electron chi connectivity index (χ4n) is 3.12. The van der Waals surface area contributed by atoms with Crippen LogP contribution in [0, 0.1) is 22.7 Å². The Morgan fingerprint density at radius 1 is 0.791 bits per heavy atom. The van der Waals surface area contributed by atoms with Gasteiger partial charge in [-0.15, -0.1) is 0 Å². The number of methoxy groups -OCH3 is 1. The van der Waals surface area contributed by atoms with Gasteiger partial charge in [0, 0.05) is 24.5 Å². The molecule has 0 unspecified atom stereocenters. The molecule has 2 aromatic carbocycles. The van der Waals surface area contributed by atoms with E-state index in [9.17, 15) is 14.7 Å². The van der Waals surface area contributed by atoms with E-state index in [0.29, 0.717) is 33.2 Å². The molecule has 0 saturated carbocycles. The summed E-state index contributed by atoms with van der Waals surface area (Å²) in [6, 6.07) is 19.0. The molecule has 0 aliphatic heterocycles. The van der Waals surface area contributed by atoms with Crippen molar-refractivity contribution in [2.75, 3.05) is 31.0 Å². The van der Waals surface area contributed by atoms with Gasteiger partial charge in [-0.2, -0.15) is 10.5 Å². The van der Waals surface area contributed by atoms with Gasteiger partial charge in [-0.25, -0.2) is 9.97 Å². The highest BCUT2D eigenvalue weighted by atomic mass is 35.5. The second-order valence-corrected chi connectivity index (χ2v) is 9.04. The second kappa shape index (κ2) is 16.0. The number of aromatic hydroxyl groups is 1. The van der Waals surface area contributed by atoms with Gasteiger partial charge < -0.3 is 30.0 Å². The molecule has 14 heteroatoms. The molecule has 2 aromatic heterocycles. The molecule has 0 fully saturated rings. The molecule has 0 aliphatic rings. The number of phenols is 1. The van der Waals surface area contributed by atoms with Crippen LogP contribution in [0.3, 0.4) is 0 Å². The maximum atomic E-state index is 11.8. The Morgan fingerprint density at radius 3 is 1.72 bits per heavy atom. The summed E-state index contributed by atoms with van der Waals surface area (Å²) in [5.41, 5.74) is 0.434. The van der Waals surface area contributed by atoms with Crippen LogP contribution in [-0.4, -0.2) is 47.2 Å². The molecule has 2 amide bonds. The van der Waals surface area contributed by atoms with Crippen LogP contribution in [-0.2, 0) is 9.59 Å². The molecule has 3 N–H and O–H groups in total. The Balaban J connectivity index is 0.000000236. The van der Waals surface area contributed by atoms with Crippen LogP contribution in [0.1, 0.15) is 11.1 Å². The van der Waals surface area contributed by atoms with Gasteiger partial charge in [0.15, 0.2) is 13.2 Å². The maximum absolute atomic E-state index is 11.8. The van der Waals surface area contributed by atoms with Crippen LogP contribution < -0.4 is 24.8 Å². The number of anilines is 2. The Hall–Kier alpha value is -5.56. The van der Waals surface area contributed by atoms with Crippen LogP contribution in [0.25, 0.3) is 0 Å². The predicted octanol–water partition coefficient (Wildman–Crippen LogP) is 4.96. The molecular weight excluding hydrogens is 599 g/mol. The van der Waals surface area contributed by atoms with E-state index in [-0.39, 0.29) is 35.8 Å². The Morgan fingerprint density at radius 2 is 1.28 bits per heavy atom. The predicted molar refractivity (Wildman–Crippen MR) is 157 cm³/mol. The number of benzene rings is 2. The van der Waals surface area contributed by atoms with E-state index in [1.165, 1.54) is 43.8 Å². The highest BCUT2D eigenvalue weighted by Crippen LogP contribution is 2.24. The first-order valence-electron chi connectivity index (χ1n) is 12.1. The standard InChI is InChI=1S/C15H12ClN3O3.C14H10ClN3O3/c1-21-12-3-4-13(10(6-12)7-17)22-9-15(20)19-14-5-2-11(16)8-18-14;15-10-1-4-13(17-7-10)18-14(20)8-21-12-3-2-11(19)5-9(12)6-16/h2-6,8H,9H2,1H3,(H,18,19,20);1-5,7,19H,8H2,(H,17,18,20). The average molecular weight is 621 g/mol. The van der Waals surface area contributed by atoms with E-state index in [2.05, 4.69) is 20.6 Å². The number of nitrogens with zero attached hydrogens (tertiary/aromatic N) is 4. The molecule has 218 valence electrons. The summed E-state index contributed by atoms with van der Waals surface area (Å²) in [6.07, 6.45) is 2.83. The molecular formula is C29H22Cl2N6O6. The number of amides is 2. The summed E-state index contributed by atoms with van der Waals surface area (Å²) in [7, 11) is 1.50. The largest absolute Gasteiger partial charge is 0.508 e.